The van der Waals surface area contributed by atoms with Crippen LogP contribution >= 0.6 is 0 Å². The Morgan fingerprint density at radius 1 is 1.26 bits per heavy atom. The molecule has 0 aliphatic rings. The van der Waals surface area contributed by atoms with Crippen molar-refractivity contribution in [2.45, 2.75) is 39.2 Å². The molecule has 6 heteroatoms. The smallest absolute Gasteiger partial charge is 0.237 e. The van der Waals surface area contributed by atoms with Crippen LogP contribution in [0.15, 0.2) is 0 Å². The van der Waals surface area contributed by atoms with Crippen LogP contribution in [0, 0.1) is 5.92 Å². The Morgan fingerprint density at radius 3 is 2.47 bits per heavy atom. The molecule has 0 saturated heterocycles. The van der Waals surface area contributed by atoms with Gasteiger partial charge in [-0.05, 0) is 19.4 Å². The number of likely N-dealkylation sites (N-methyl/N-ethyl adjacent to an activating group) is 1. The van der Waals surface area contributed by atoms with Gasteiger partial charge in [-0.1, -0.05) is 20.3 Å². The van der Waals surface area contributed by atoms with Crippen molar-refractivity contribution in [1.29, 1.82) is 0 Å². The van der Waals surface area contributed by atoms with Crippen molar-refractivity contribution in [2.24, 2.45) is 5.92 Å². The zero-order valence-electron chi connectivity index (χ0n) is 12.0. The number of aldehydes is 1. The van der Waals surface area contributed by atoms with Crippen LogP contribution in [0.5, 0.6) is 0 Å². The monoisotopic (exact) mass is 271 g/mol. The van der Waals surface area contributed by atoms with Gasteiger partial charge in [0.25, 0.3) is 0 Å². The lowest BCUT2D eigenvalue weighted by molar-refractivity contribution is -0.124. The number of nitrogens with one attached hydrogen (secondary N) is 3. The van der Waals surface area contributed by atoms with Gasteiger partial charge < -0.3 is 20.7 Å². The highest BCUT2D eigenvalue weighted by molar-refractivity contribution is 5.83. The second-order valence-electron chi connectivity index (χ2n) is 4.61. The van der Waals surface area contributed by atoms with E-state index in [1.807, 2.05) is 0 Å². The number of hydrogen-bond acceptors (Lipinski definition) is 4. The van der Waals surface area contributed by atoms with E-state index in [4.69, 9.17) is 0 Å². The molecule has 0 aromatic rings. The summed E-state index contributed by atoms with van der Waals surface area (Å²) < 4.78 is 0. The first-order valence-electron chi connectivity index (χ1n) is 6.70. The van der Waals surface area contributed by atoms with Crippen LogP contribution in [-0.2, 0) is 14.4 Å². The van der Waals surface area contributed by atoms with Gasteiger partial charge in [0.2, 0.25) is 11.8 Å². The van der Waals surface area contributed by atoms with E-state index < -0.39 is 0 Å². The van der Waals surface area contributed by atoms with Crippen LogP contribution in [0.1, 0.15) is 33.1 Å². The third-order valence-corrected chi connectivity index (χ3v) is 3.03. The molecular formula is C13H25N3O3. The second-order valence-corrected chi connectivity index (χ2v) is 4.61. The Labute approximate surface area is 114 Å². The molecule has 0 fully saturated rings. The largest absolute Gasteiger partial charge is 0.354 e. The highest BCUT2D eigenvalue weighted by Crippen LogP contribution is 2.00. The predicted molar refractivity (Wildman–Crippen MR) is 73.6 cm³/mol. The topological polar surface area (TPSA) is 87.3 Å². The zero-order valence-corrected chi connectivity index (χ0v) is 12.0. The van der Waals surface area contributed by atoms with Crippen molar-refractivity contribution in [2.75, 3.05) is 20.1 Å². The first-order valence-corrected chi connectivity index (χ1v) is 6.70. The molecule has 0 saturated carbocycles. The van der Waals surface area contributed by atoms with Gasteiger partial charge in [0.05, 0.1) is 12.6 Å². The summed E-state index contributed by atoms with van der Waals surface area (Å²) in [6.45, 7) is 4.80. The van der Waals surface area contributed by atoms with Gasteiger partial charge in [-0.2, -0.15) is 0 Å². The van der Waals surface area contributed by atoms with E-state index in [0.29, 0.717) is 25.2 Å². The average molecular weight is 271 g/mol. The SMILES string of the molecule is CCC(C)CNC(=O)C(CCC(=O)NCC=O)NC. The normalized spacial score (nSPS) is 13.4. The Kier molecular flexibility index (Phi) is 9.70. The Balaban J connectivity index is 4.01. The summed E-state index contributed by atoms with van der Waals surface area (Å²) in [5, 5.41) is 8.20. The maximum atomic E-state index is 11.9. The van der Waals surface area contributed by atoms with Crippen LogP contribution in [0.25, 0.3) is 0 Å². The van der Waals surface area contributed by atoms with Crippen molar-refractivity contribution in [1.82, 2.24) is 16.0 Å². The van der Waals surface area contributed by atoms with E-state index in [2.05, 4.69) is 29.8 Å². The molecule has 0 heterocycles. The Morgan fingerprint density at radius 2 is 1.95 bits per heavy atom. The van der Waals surface area contributed by atoms with Crippen LogP contribution in [0.3, 0.4) is 0 Å². The van der Waals surface area contributed by atoms with Gasteiger partial charge in [-0.25, -0.2) is 0 Å². The van der Waals surface area contributed by atoms with E-state index in [-0.39, 0.29) is 30.8 Å². The first-order chi connectivity index (χ1) is 9.04. The van der Waals surface area contributed by atoms with Crippen LogP contribution in [0.4, 0.5) is 0 Å². The quantitative estimate of drug-likeness (QED) is 0.482. The lowest BCUT2D eigenvalue weighted by Gasteiger charge is -2.17. The van der Waals surface area contributed by atoms with Crippen molar-refractivity contribution < 1.29 is 14.4 Å². The molecule has 110 valence electrons. The number of carbonyl (C=O) groups excluding carboxylic acids is 3. The van der Waals surface area contributed by atoms with Crippen molar-refractivity contribution in [3.8, 4) is 0 Å². The molecule has 3 N–H and O–H groups in total. The second kappa shape index (κ2) is 10.5. The van der Waals surface area contributed by atoms with E-state index in [0.717, 1.165) is 6.42 Å². The van der Waals surface area contributed by atoms with Crippen LogP contribution in [0.2, 0.25) is 0 Å². The molecular weight excluding hydrogens is 246 g/mol. The average Bonchev–Trinajstić information content (AvgIpc) is 2.42. The minimum absolute atomic E-state index is 0.0171. The standard InChI is InChI=1S/C13H25N3O3/c1-4-10(2)9-16-13(19)11(14-3)5-6-12(18)15-7-8-17/h8,10-11,14H,4-7,9H2,1-3H3,(H,15,18)(H,16,19). The summed E-state index contributed by atoms with van der Waals surface area (Å²) in [5.41, 5.74) is 0. The fourth-order valence-electron chi connectivity index (χ4n) is 1.47. The lowest BCUT2D eigenvalue weighted by atomic mass is 10.1. The van der Waals surface area contributed by atoms with Crippen LogP contribution in [-0.4, -0.2) is 44.3 Å². The number of carbonyl (C=O) groups is 3. The van der Waals surface area contributed by atoms with Gasteiger partial charge in [0.1, 0.15) is 6.29 Å². The molecule has 0 aromatic heterocycles. The maximum Gasteiger partial charge on any atom is 0.237 e. The first kappa shape index (κ1) is 17.6. The van der Waals surface area contributed by atoms with Crippen molar-refractivity contribution in [3.05, 3.63) is 0 Å². The number of amides is 2. The van der Waals surface area contributed by atoms with E-state index >= 15 is 0 Å². The summed E-state index contributed by atoms with van der Waals surface area (Å²) in [5.74, 6) is 0.130. The van der Waals surface area contributed by atoms with E-state index in [1.54, 1.807) is 7.05 Å². The Bertz CT molecular complexity index is 295. The molecule has 0 aliphatic carbocycles. The number of rotatable bonds is 10. The lowest BCUT2D eigenvalue weighted by Crippen LogP contribution is -2.44. The number of hydrogen-bond donors (Lipinski definition) is 3. The molecule has 0 aliphatic heterocycles. The molecule has 0 aromatic carbocycles. The molecule has 0 rings (SSSR count). The fraction of sp³-hybridized carbons (Fsp3) is 0.769. The zero-order chi connectivity index (χ0) is 14.7. The summed E-state index contributed by atoms with van der Waals surface area (Å²) in [4.78, 5) is 33.3. The van der Waals surface area contributed by atoms with Gasteiger partial charge in [-0.3, -0.25) is 9.59 Å². The minimum atomic E-state index is -0.383. The van der Waals surface area contributed by atoms with Gasteiger partial charge >= 0.3 is 0 Å². The maximum absolute atomic E-state index is 11.9. The summed E-state index contributed by atoms with van der Waals surface area (Å²) in [6.07, 6.45) is 2.27. The molecule has 0 radical (unpaired) electrons. The van der Waals surface area contributed by atoms with Crippen LogP contribution < -0.4 is 16.0 Å². The Hall–Kier alpha value is -1.43. The van der Waals surface area contributed by atoms with E-state index in [1.165, 1.54) is 0 Å². The third kappa shape index (κ3) is 8.31. The molecule has 0 bridgehead atoms. The van der Waals surface area contributed by atoms with E-state index in [9.17, 15) is 14.4 Å². The van der Waals surface area contributed by atoms with Gasteiger partial charge in [0, 0.05) is 13.0 Å². The van der Waals surface area contributed by atoms with Gasteiger partial charge in [-0.15, -0.1) is 0 Å². The molecule has 2 unspecified atom stereocenters. The minimum Gasteiger partial charge on any atom is -0.354 e. The summed E-state index contributed by atoms with van der Waals surface area (Å²) in [6, 6.07) is -0.383. The third-order valence-electron chi connectivity index (χ3n) is 3.03. The summed E-state index contributed by atoms with van der Waals surface area (Å²) in [7, 11) is 1.69. The fourth-order valence-corrected chi connectivity index (χ4v) is 1.47. The highest BCUT2D eigenvalue weighted by atomic mass is 16.2. The molecule has 19 heavy (non-hydrogen) atoms. The molecule has 0 spiro atoms. The molecule has 2 amide bonds. The molecule has 2 atom stereocenters. The summed E-state index contributed by atoms with van der Waals surface area (Å²) >= 11 is 0. The molecule has 6 nitrogen and oxygen atoms in total. The van der Waals surface area contributed by atoms with Gasteiger partial charge in [0.15, 0.2) is 0 Å². The van der Waals surface area contributed by atoms with Crippen molar-refractivity contribution >= 4 is 18.1 Å². The van der Waals surface area contributed by atoms with Crippen molar-refractivity contribution in [3.63, 3.8) is 0 Å². The predicted octanol–water partition coefficient (Wildman–Crippen LogP) is -0.168. The highest BCUT2D eigenvalue weighted by Gasteiger charge is 2.17.